The number of hydrogen-bond acceptors (Lipinski definition) is 2. The maximum atomic E-state index is 11.3. The van der Waals surface area contributed by atoms with Gasteiger partial charge < -0.3 is 4.90 Å². The van der Waals surface area contributed by atoms with Crippen LogP contribution in [0.1, 0.15) is 26.2 Å². The lowest BCUT2D eigenvalue weighted by Gasteiger charge is -2.24. The zero-order valence-electron chi connectivity index (χ0n) is 7.95. The van der Waals surface area contributed by atoms with Crippen LogP contribution >= 0.6 is 0 Å². The summed E-state index contributed by atoms with van der Waals surface area (Å²) in [5, 5.41) is 0. The first-order chi connectivity index (χ1) is 6.24. The van der Waals surface area contributed by atoms with E-state index in [0.29, 0.717) is 19.5 Å². The maximum Gasteiger partial charge on any atom is 0.230 e. The van der Waals surface area contributed by atoms with Crippen LogP contribution in [-0.2, 0) is 9.59 Å². The molecule has 0 radical (unpaired) electrons. The molecule has 1 heterocycles. The highest BCUT2D eigenvalue weighted by molar-refractivity contribution is 6.00. The molecular weight excluding hydrogens is 166 g/mol. The van der Waals surface area contributed by atoms with Crippen LogP contribution in [0.4, 0.5) is 0 Å². The van der Waals surface area contributed by atoms with Crippen LogP contribution in [0.3, 0.4) is 0 Å². The van der Waals surface area contributed by atoms with E-state index in [2.05, 4.69) is 6.92 Å². The number of allylic oxidation sites excluding steroid dienone is 1. The Morgan fingerprint density at radius 2 is 2.15 bits per heavy atom. The van der Waals surface area contributed by atoms with Gasteiger partial charge in [-0.05, 0) is 6.42 Å². The molecule has 0 atom stereocenters. The van der Waals surface area contributed by atoms with Crippen molar-refractivity contribution in [2.24, 2.45) is 0 Å². The first kappa shape index (κ1) is 9.96. The molecule has 0 aromatic heterocycles. The summed E-state index contributed by atoms with van der Waals surface area (Å²) in [4.78, 5) is 23.9. The number of Topliss-reactive ketones (excluding diaryl/α,β-unsaturated/α-hetero) is 1. The van der Waals surface area contributed by atoms with E-state index in [-0.39, 0.29) is 18.1 Å². The summed E-state index contributed by atoms with van der Waals surface area (Å²) in [6.07, 6.45) is 5.62. The van der Waals surface area contributed by atoms with E-state index in [0.717, 1.165) is 6.42 Å². The fourth-order valence-corrected chi connectivity index (χ4v) is 1.31. The highest BCUT2D eigenvalue weighted by Crippen LogP contribution is 2.06. The zero-order valence-corrected chi connectivity index (χ0v) is 7.95. The van der Waals surface area contributed by atoms with Gasteiger partial charge in [-0.25, -0.2) is 0 Å². The molecule has 0 bridgehead atoms. The van der Waals surface area contributed by atoms with Crippen molar-refractivity contribution in [1.29, 1.82) is 0 Å². The lowest BCUT2D eigenvalue weighted by Crippen LogP contribution is -2.38. The summed E-state index contributed by atoms with van der Waals surface area (Å²) >= 11 is 0. The molecular formula is C10H15NO2. The molecule has 1 rings (SSSR count). The van der Waals surface area contributed by atoms with E-state index in [1.165, 1.54) is 0 Å². The molecule has 72 valence electrons. The standard InChI is InChI=1S/C10H15NO2/c1-2-3-4-6-11-7-5-9(12)8-10(11)13/h3-4H,2,5-8H2,1H3/b4-3+. The van der Waals surface area contributed by atoms with E-state index in [4.69, 9.17) is 0 Å². The number of hydrogen-bond donors (Lipinski definition) is 0. The SMILES string of the molecule is CC/C=C/CN1CCC(=O)CC1=O. The second-order valence-electron chi connectivity index (χ2n) is 3.18. The van der Waals surface area contributed by atoms with Crippen LogP contribution in [-0.4, -0.2) is 29.7 Å². The Kier molecular flexibility index (Phi) is 3.68. The molecule has 3 nitrogen and oxygen atoms in total. The third kappa shape index (κ3) is 3.01. The normalized spacial score (nSPS) is 18.7. The van der Waals surface area contributed by atoms with Crippen molar-refractivity contribution in [1.82, 2.24) is 4.90 Å². The van der Waals surface area contributed by atoms with Crippen molar-refractivity contribution in [3.63, 3.8) is 0 Å². The number of likely N-dealkylation sites (tertiary alicyclic amines) is 1. The molecule has 0 N–H and O–H groups in total. The summed E-state index contributed by atoms with van der Waals surface area (Å²) < 4.78 is 0. The molecule has 1 aliphatic heterocycles. The molecule has 13 heavy (non-hydrogen) atoms. The van der Waals surface area contributed by atoms with Gasteiger partial charge in [0.2, 0.25) is 5.91 Å². The largest absolute Gasteiger partial charge is 0.338 e. The van der Waals surface area contributed by atoms with Crippen molar-refractivity contribution < 1.29 is 9.59 Å². The second-order valence-corrected chi connectivity index (χ2v) is 3.18. The van der Waals surface area contributed by atoms with Gasteiger partial charge in [-0.15, -0.1) is 0 Å². The summed E-state index contributed by atoms with van der Waals surface area (Å²) in [6, 6.07) is 0. The smallest absolute Gasteiger partial charge is 0.230 e. The van der Waals surface area contributed by atoms with Crippen LogP contribution < -0.4 is 0 Å². The molecule has 0 aliphatic carbocycles. The average molecular weight is 181 g/mol. The minimum atomic E-state index is -0.0306. The van der Waals surface area contributed by atoms with Crippen molar-refractivity contribution in [2.75, 3.05) is 13.1 Å². The maximum absolute atomic E-state index is 11.3. The van der Waals surface area contributed by atoms with Gasteiger partial charge in [0.15, 0.2) is 0 Å². The molecule has 1 amide bonds. The van der Waals surface area contributed by atoms with E-state index >= 15 is 0 Å². The predicted octanol–water partition coefficient (Wildman–Crippen LogP) is 1.14. The van der Waals surface area contributed by atoms with Gasteiger partial charge in [-0.1, -0.05) is 19.1 Å². The van der Waals surface area contributed by atoms with Crippen molar-refractivity contribution in [3.8, 4) is 0 Å². The summed E-state index contributed by atoms with van der Waals surface area (Å²) in [5.41, 5.74) is 0. The molecule has 0 aromatic carbocycles. The average Bonchev–Trinajstić information content (AvgIpc) is 2.09. The van der Waals surface area contributed by atoms with Crippen molar-refractivity contribution in [3.05, 3.63) is 12.2 Å². The number of piperidine rings is 1. The fourth-order valence-electron chi connectivity index (χ4n) is 1.31. The predicted molar refractivity (Wildman–Crippen MR) is 50.3 cm³/mol. The van der Waals surface area contributed by atoms with Gasteiger partial charge in [0.05, 0.1) is 6.42 Å². The number of amides is 1. The Bertz CT molecular complexity index is 233. The van der Waals surface area contributed by atoms with Gasteiger partial charge in [0.25, 0.3) is 0 Å². The van der Waals surface area contributed by atoms with E-state index in [1.54, 1.807) is 4.90 Å². The van der Waals surface area contributed by atoms with Gasteiger partial charge in [0, 0.05) is 19.5 Å². The zero-order chi connectivity index (χ0) is 9.68. The van der Waals surface area contributed by atoms with Gasteiger partial charge in [0.1, 0.15) is 5.78 Å². The van der Waals surface area contributed by atoms with E-state index in [1.807, 2.05) is 12.2 Å². The quantitative estimate of drug-likeness (QED) is 0.483. The third-order valence-electron chi connectivity index (χ3n) is 2.09. The van der Waals surface area contributed by atoms with Gasteiger partial charge in [-0.3, -0.25) is 9.59 Å². The second kappa shape index (κ2) is 4.80. The molecule has 3 heteroatoms. The molecule has 1 aliphatic rings. The Morgan fingerprint density at radius 3 is 2.77 bits per heavy atom. The first-order valence-electron chi connectivity index (χ1n) is 4.68. The Balaban J connectivity index is 2.38. The van der Waals surface area contributed by atoms with Crippen LogP contribution in [0, 0.1) is 0 Å². The van der Waals surface area contributed by atoms with Crippen LogP contribution in [0.2, 0.25) is 0 Å². The molecule has 0 saturated carbocycles. The molecule has 1 saturated heterocycles. The highest BCUT2D eigenvalue weighted by Gasteiger charge is 2.22. The Labute approximate surface area is 78.4 Å². The lowest BCUT2D eigenvalue weighted by molar-refractivity contribution is -0.138. The van der Waals surface area contributed by atoms with E-state index < -0.39 is 0 Å². The minimum Gasteiger partial charge on any atom is -0.338 e. The molecule has 1 fully saturated rings. The monoisotopic (exact) mass is 181 g/mol. The number of carbonyl (C=O) groups excluding carboxylic acids is 2. The van der Waals surface area contributed by atoms with Crippen LogP contribution in [0.25, 0.3) is 0 Å². The van der Waals surface area contributed by atoms with E-state index in [9.17, 15) is 9.59 Å². The van der Waals surface area contributed by atoms with Crippen LogP contribution in [0.5, 0.6) is 0 Å². The molecule has 0 spiro atoms. The Morgan fingerprint density at radius 1 is 1.38 bits per heavy atom. The summed E-state index contributed by atoms with van der Waals surface area (Å²) in [7, 11) is 0. The van der Waals surface area contributed by atoms with Gasteiger partial charge in [-0.2, -0.15) is 0 Å². The fraction of sp³-hybridized carbons (Fsp3) is 0.600. The lowest BCUT2D eigenvalue weighted by atomic mass is 10.1. The molecule has 0 unspecified atom stereocenters. The van der Waals surface area contributed by atoms with Crippen LogP contribution in [0.15, 0.2) is 12.2 Å². The third-order valence-corrected chi connectivity index (χ3v) is 2.09. The van der Waals surface area contributed by atoms with Gasteiger partial charge >= 0.3 is 0 Å². The summed E-state index contributed by atoms with van der Waals surface area (Å²) in [6.45, 7) is 3.30. The minimum absolute atomic E-state index is 0.0306. The number of carbonyl (C=O) groups is 2. The Hall–Kier alpha value is -1.12. The number of nitrogens with zero attached hydrogens (tertiary/aromatic N) is 1. The van der Waals surface area contributed by atoms with Crippen molar-refractivity contribution in [2.45, 2.75) is 26.2 Å². The summed E-state index contributed by atoms with van der Waals surface area (Å²) in [5.74, 6) is 0.0396. The number of ketones is 1. The highest BCUT2D eigenvalue weighted by atomic mass is 16.2. The van der Waals surface area contributed by atoms with Crippen molar-refractivity contribution >= 4 is 11.7 Å². The first-order valence-corrected chi connectivity index (χ1v) is 4.68. The molecule has 0 aromatic rings. The number of rotatable bonds is 3. The topological polar surface area (TPSA) is 37.4 Å².